The van der Waals surface area contributed by atoms with Crippen molar-refractivity contribution in [2.45, 2.75) is 26.8 Å². The van der Waals surface area contributed by atoms with Crippen LogP contribution in [0.25, 0.3) is 5.69 Å². The van der Waals surface area contributed by atoms with Crippen LogP contribution in [0.15, 0.2) is 29.1 Å². The lowest BCUT2D eigenvalue weighted by atomic mass is 10.2. The number of aromatic nitrogens is 3. The zero-order chi connectivity index (χ0) is 13.0. The second kappa shape index (κ2) is 6.11. The van der Waals surface area contributed by atoms with Crippen LogP contribution in [0.3, 0.4) is 0 Å². The molecular weight excluding hydrogens is 292 g/mol. The van der Waals surface area contributed by atoms with Gasteiger partial charge in [0, 0.05) is 30.2 Å². The number of halogens is 1. The molecule has 0 aliphatic carbocycles. The quantitative estimate of drug-likeness (QED) is 0.864. The molecule has 0 fully saturated rings. The van der Waals surface area contributed by atoms with Crippen molar-refractivity contribution in [3.63, 3.8) is 0 Å². The molecule has 0 atom stereocenters. The van der Waals surface area contributed by atoms with Crippen LogP contribution in [0.2, 0.25) is 0 Å². The molecule has 1 N–H and O–H groups in total. The van der Waals surface area contributed by atoms with Crippen LogP contribution in [0, 0.1) is 6.92 Å². The minimum Gasteiger partial charge on any atom is -0.313 e. The number of rotatable bonds is 5. The molecule has 5 heteroatoms. The van der Waals surface area contributed by atoms with Crippen LogP contribution in [-0.2, 0) is 6.54 Å². The monoisotopic (exact) mass is 308 g/mol. The van der Waals surface area contributed by atoms with E-state index in [4.69, 9.17) is 0 Å². The molecule has 0 saturated heterocycles. The Morgan fingerprint density at radius 2 is 2.22 bits per heavy atom. The van der Waals surface area contributed by atoms with Crippen molar-refractivity contribution in [1.82, 2.24) is 20.1 Å². The lowest BCUT2D eigenvalue weighted by molar-refractivity contribution is 0.668. The maximum absolute atomic E-state index is 4.36. The molecule has 2 heterocycles. The molecule has 0 aliphatic rings. The first kappa shape index (κ1) is 13.2. The smallest absolute Gasteiger partial charge is 0.0724 e. The molecule has 0 amide bonds. The zero-order valence-electron chi connectivity index (χ0n) is 10.7. The van der Waals surface area contributed by atoms with Gasteiger partial charge in [-0.15, -0.1) is 0 Å². The summed E-state index contributed by atoms with van der Waals surface area (Å²) in [4.78, 5) is 4.36. The van der Waals surface area contributed by atoms with Crippen LogP contribution >= 0.6 is 15.9 Å². The molecule has 0 saturated carbocycles. The lowest BCUT2D eigenvalue weighted by Crippen LogP contribution is -2.16. The maximum Gasteiger partial charge on any atom is 0.0724 e. The fraction of sp³-hybridized carbons (Fsp3) is 0.385. The highest BCUT2D eigenvalue weighted by Crippen LogP contribution is 2.17. The van der Waals surface area contributed by atoms with Crippen LogP contribution in [0.5, 0.6) is 0 Å². The Morgan fingerprint density at radius 1 is 1.39 bits per heavy atom. The molecule has 2 aromatic rings. The van der Waals surface area contributed by atoms with Crippen LogP contribution in [0.1, 0.15) is 24.6 Å². The van der Waals surface area contributed by atoms with Crippen LogP contribution in [-0.4, -0.2) is 21.3 Å². The molecule has 96 valence electrons. The number of hydrogen-bond acceptors (Lipinski definition) is 3. The van der Waals surface area contributed by atoms with Gasteiger partial charge in [-0.25, -0.2) is 4.68 Å². The maximum atomic E-state index is 4.36. The summed E-state index contributed by atoms with van der Waals surface area (Å²) in [5.74, 6) is 0. The Balaban J connectivity index is 2.29. The zero-order valence-corrected chi connectivity index (χ0v) is 12.2. The minimum atomic E-state index is 0.813. The van der Waals surface area contributed by atoms with Gasteiger partial charge < -0.3 is 5.32 Å². The van der Waals surface area contributed by atoms with E-state index >= 15 is 0 Å². The molecule has 4 nitrogen and oxygen atoms in total. The van der Waals surface area contributed by atoms with E-state index in [1.165, 1.54) is 0 Å². The molecule has 0 radical (unpaired) electrons. The molecule has 0 bridgehead atoms. The van der Waals surface area contributed by atoms with Crippen molar-refractivity contribution in [3.8, 4) is 5.69 Å². The number of nitrogens with zero attached hydrogens (tertiary/aromatic N) is 3. The summed E-state index contributed by atoms with van der Waals surface area (Å²) in [5.41, 5.74) is 3.23. The van der Waals surface area contributed by atoms with E-state index in [2.05, 4.69) is 44.3 Å². The third-order valence-corrected chi connectivity index (χ3v) is 3.05. The van der Waals surface area contributed by atoms with Crippen molar-refractivity contribution in [3.05, 3.63) is 40.4 Å². The van der Waals surface area contributed by atoms with Gasteiger partial charge in [0.25, 0.3) is 0 Å². The van der Waals surface area contributed by atoms with Crippen molar-refractivity contribution >= 4 is 15.9 Å². The topological polar surface area (TPSA) is 42.7 Å². The molecule has 2 rings (SSSR count). The second-order valence-electron chi connectivity index (χ2n) is 4.23. The van der Waals surface area contributed by atoms with E-state index < -0.39 is 0 Å². The predicted octanol–water partition coefficient (Wildman–Crippen LogP) is 2.84. The minimum absolute atomic E-state index is 0.813. The summed E-state index contributed by atoms with van der Waals surface area (Å²) in [6.07, 6.45) is 6.79. The summed E-state index contributed by atoms with van der Waals surface area (Å²) < 4.78 is 2.85. The molecule has 0 unspecified atom stereocenters. The number of nitrogens with one attached hydrogen (secondary N) is 1. The summed E-state index contributed by atoms with van der Waals surface area (Å²) in [7, 11) is 0. The van der Waals surface area contributed by atoms with Crippen molar-refractivity contribution in [2.24, 2.45) is 0 Å². The molecule has 0 aromatic carbocycles. The van der Waals surface area contributed by atoms with Crippen LogP contribution in [0.4, 0.5) is 0 Å². The normalized spacial score (nSPS) is 10.8. The van der Waals surface area contributed by atoms with E-state index in [9.17, 15) is 0 Å². The molecular formula is C13H17BrN4. The average molecular weight is 309 g/mol. The van der Waals surface area contributed by atoms with Gasteiger partial charge in [-0.3, -0.25) is 4.98 Å². The average Bonchev–Trinajstić information content (AvgIpc) is 2.78. The molecule has 0 spiro atoms. The Morgan fingerprint density at radius 3 is 2.89 bits per heavy atom. The Bertz CT molecular complexity index is 521. The van der Waals surface area contributed by atoms with E-state index in [1.54, 1.807) is 6.20 Å². The van der Waals surface area contributed by atoms with E-state index in [0.29, 0.717) is 0 Å². The second-order valence-corrected chi connectivity index (χ2v) is 5.15. The standard InChI is InChI=1S/C13H17BrN4/c1-3-4-15-6-11-7-16-10(2)5-13(11)18-9-12(14)8-17-18/h5,7-9,15H,3-4,6H2,1-2H3. The summed E-state index contributed by atoms with van der Waals surface area (Å²) in [6, 6.07) is 2.06. The highest BCUT2D eigenvalue weighted by Gasteiger charge is 2.07. The third kappa shape index (κ3) is 3.17. The highest BCUT2D eigenvalue weighted by atomic mass is 79.9. The van der Waals surface area contributed by atoms with Gasteiger partial charge in [-0.2, -0.15) is 5.10 Å². The third-order valence-electron chi connectivity index (χ3n) is 2.64. The van der Waals surface area contributed by atoms with Gasteiger partial charge >= 0.3 is 0 Å². The molecule has 2 aromatic heterocycles. The van der Waals surface area contributed by atoms with Crippen molar-refractivity contribution in [2.75, 3.05) is 6.54 Å². The molecule has 18 heavy (non-hydrogen) atoms. The first-order valence-electron chi connectivity index (χ1n) is 6.07. The largest absolute Gasteiger partial charge is 0.313 e. The molecule has 0 aliphatic heterocycles. The highest BCUT2D eigenvalue weighted by molar-refractivity contribution is 9.10. The van der Waals surface area contributed by atoms with E-state index in [-0.39, 0.29) is 0 Å². The Hall–Kier alpha value is -1.20. The SMILES string of the molecule is CCCNCc1cnc(C)cc1-n1cc(Br)cn1. The van der Waals surface area contributed by atoms with E-state index in [1.807, 2.05) is 24.0 Å². The first-order valence-corrected chi connectivity index (χ1v) is 6.86. The van der Waals surface area contributed by atoms with E-state index in [0.717, 1.165) is 40.9 Å². The Kier molecular flexibility index (Phi) is 4.49. The number of hydrogen-bond donors (Lipinski definition) is 1. The van der Waals surface area contributed by atoms with Gasteiger partial charge in [-0.1, -0.05) is 6.92 Å². The fourth-order valence-corrected chi connectivity index (χ4v) is 2.04. The summed E-state index contributed by atoms with van der Waals surface area (Å²) >= 11 is 3.42. The number of aryl methyl sites for hydroxylation is 1. The number of pyridine rings is 1. The first-order chi connectivity index (χ1) is 8.70. The van der Waals surface area contributed by atoms with Crippen molar-refractivity contribution < 1.29 is 0 Å². The van der Waals surface area contributed by atoms with Gasteiger partial charge in [0.1, 0.15) is 0 Å². The van der Waals surface area contributed by atoms with Gasteiger partial charge in [-0.05, 0) is 41.9 Å². The predicted molar refractivity (Wildman–Crippen MR) is 75.8 cm³/mol. The summed E-state index contributed by atoms with van der Waals surface area (Å²) in [5, 5.41) is 7.73. The Labute approximate surface area is 116 Å². The van der Waals surface area contributed by atoms with Gasteiger partial charge in [0.2, 0.25) is 0 Å². The fourth-order valence-electron chi connectivity index (χ4n) is 1.76. The lowest BCUT2D eigenvalue weighted by Gasteiger charge is -2.10. The van der Waals surface area contributed by atoms with Crippen molar-refractivity contribution in [1.29, 1.82) is 0 Å². The van der Waals surface area contributed by atoms with Crippen LogP contribution < -0.4 is 5.32 Å². The summed E-state index contributed by atoms with van der Waals surface area (Å²) in [6.45, 7) is 5.97. The van der Waals surface area contributed by atoms with Gasteiger partial charge in [0.15, 0.2) is 0 Å². The van der Waals surface area contributed by atoms with Gasteiger partial charge in [0.05, 0.1) is 16.4 Å².